The molecular formula is C17H12F3N. The van der Waals surface area contributed by atoms with Gasteiger partial charge in [0.2, 0.25) is 0 Å². The Balaban J connectivity index is 2.14. The molecule has 0 bridgehead atoms. The van der Waals surface area contributed by atoms with Crippen molar-refractivity contribution in [3.63, 3.8) is 0 Å². The zero-order valence-electron chi connectivity index (χ0n) is 11.1. The fraction of sp³-hybridized carbons (Fsp3) is 0.118. The van der Waals surface area contributed by atoms with E-state index in [1.165, 1.54) is 6.07 Å². The molecule has 0 N–H and O–H groups in total. The van der Waals surface area contributed by atoms with Crippen molar-refractivity contribution in [2.75, 3.05) is 0 Å². The van der Waals surface area contributed by atoms with E-state index >= 15 is 0 Å². The molecule has 106 valence electrons. The lowest BCUT2D eigenvalue weighted by Gasteiger charge is -2.12. The number of fused-ring (bicyclic) bond motifs is 1. The first-order valence-corrected chi connectivity index (χ1v) is 6.53. The van der Waals surface area contributed by atoms with Crippen LogP contribution in [0.15, 0.2) is 60.8 Å². The molecule has 0 unspecified atom stereocenters. The molecule has 2 aromatic carbocycles. The molecule has 0 fully saturated rings. The summed E-state index contributed by atoms with van der Waals surface area (Å²) in [5.41, 5.74) is 0.995. The maximum Gasteiger partial charge on any atom is 0.418 e. The van der Waals surface area contributed by atoms with Gasteiger partial charge in [0.25, 0.3) is 0 Å². The van der Waals surface area contributed by atoms with Gasteiger partial charge in [0.15, 0.2) is 0 Å². The minimum absolute atomic E-state index is 0.200. The maximum absolute atomic E-state index is 13.0. The van der Waals surface area contributed by atoms with E-state index in [0.29, 0.717) is 17.5 Å². The van der Waals surface area contributed by atoms with E-state index in [1.807, 2.05) is 30.3 Å². The standard InChI is InChI=1S/C17H12F3N/c18-17(19,20)15-11-21-16(10-12-6-2-1-3-7-12)14-9-5-4-8-13(14)15/h1-9,11H,10H2. The molecule has 0 aliphatic heterocycles. The van der Waals surface area contributed by atoms with Crippen LogP contribution in [0.2, 0.25) is 0 Å². The van der Waals surface area contributed by atoms with Crippen LogP contribution in [0.25, 0.3) is 10.8 Å². The van der Waals surface area contributed by atoms with Crippen molar-refractivity contribution in [1.82, 2.24) is 4.98 Å². The third-order valence-electron chi connectivity index (χ3n) is 3.40. The summed E-state index contributed by atoms with van der Waals surface area (Å²) in [6, 6.07) is 16.1. The van der Waals surface area contributed by atoms with Crippen molar-refractivity contribution < 1.29 is 13.2 Å². The number of benzene rings is 2. The van der Waals surface area contributed by atoms with Crippen molar-refractivity contribution in [2.24, 2.45) is 0 Å². The SMILES string of the molecule is FC(F)(F)c1cnc(Cc2ccccc2)c2ccccc12. The minimum Gasteiger partial charge on any atom is -0.260 e. The van der Waals surface area contributed by atoms with E-state index in [1.54, 1.807) is 18.2 Å². The van der Waals surface area contributed by atoms with Gasteiger partial charge in [-0.15, -0.1) is 0 Å². The van der Waals surface area contributed by atoms with Crippen LogP contribution in [-0.2, 0) is 12.6 Å². The number of halogens is 3. The minimum atomic E-state index is -4.39. The highest BCUT2D eigenvalue weighted by atomic mass is 19.4. The number of aromatic nitrogens is 1. The topological polar surface area (TPSA) is 12.9 Å². The van der Waals surface area contributed by atoms with E-state index in [4.69, 9.17) is 0 Å². The van der Waals surface area contributed by atoms with Gasteiger partial charge in [-0.1, -0.05) is 54.6 Å². The van der Waals surface area contributed by atoms with Gasteiger partial charge in [-0.2, -0.15) is 13.2 Å². The Morgan fingerprint density at radius 2 is 1.43 bits per heavy atom. The second kappa shape index (κ2) is 5.20. The third-order valence-corrected chi connectivity index (χ3v) is 3.40. The van der Waals surface area contributed by atoms with Gasteiger partial charge in [-0.3, -0.25) is 4.98 Å². The zero-order chi connectivity index (χ0) is 14.9. The molecule has 0 radical (unpaired) electrons. The van der Waals surface area contributed by atoms with Crippen LogP contribution in [0.3, 0.4) is 0 Å². The summed E-state index contributed by atoms with van der Waals surface area (Å²) in [6.07, 6.45) is -2.95. The van der Waals surface area contributed by atoms with E-state index < -0.39 is 11.7 Å². The van der Waals surface area contributed by atoms with E-state index in [-0.39, 0.29) is 5.39 Å². The molecule has 0 aliphatic rings. The van der Waals surface area contributed by atoms with Gasteiger partial charge in [0.1, 0.15) is 0 Å². The molecule has 0 spiro atoms. The van der Waals surface area contributed by atoms with E-state index in [2.05, 4.69) is 4.98 Å². The summed E-state index contributed by atoms with van der Waals surface area (Å²) < 4.78 is 39.1. The molecule has 3 aromatic rings. The van der Waals surface area contributed by atoms with Crippen LogP contribution in [0.5, 0.6) is 0 Å². The summed E-state index contributed by atoms with van der Waals surface area (Å²) in [4.78, 5) is 4.05. The van der Waals surface area contributed by atoms with Gasteiger partial charge in [-0.05, 0) is 10.9 Å². The maximum atomic E-state index is 13.0. The van der Waals surface area contributed by atoms with Gasteiger partial charge in [0, 0.05) is 18.0 Å². The number of pyridine rings is 1. The summed E-state index contributed by atoms with van der Waals surface area (Å²) in [7, 11) is 0. The average Bonchev–Trinajstić information content (AvgIpc) is 2.47. The predicted octanol–water partition coefficient (Wildman–Crippen LogP) is 4.84. The Hall–Kier alpha value is -2.36. The largest absolute Gasteiger partial charge is 0.418 e. The predicted molar refractivity (Wildman–Crippen MR) is 76.0 cm³/mol. The lowest BCUT2D eigenvalue weighted by Crippen LogP contribution is -2.08. The van der Waals surface area contributed by atoms with Crippen LogP contribution in [0, 0.1) is 0 Å². The van der Waals surface area contributed by atoms with Crippen LogP contribution in [-0.4, -0.2) is 4.98 Å². The third kappa shape index (κ3) is 2.75. The van der Waals surface area contributed by atoms with Crippen molar-refractivity contribution in [1.29, 1.82) is 0 Å². The summed E-state index contributed by atoms with van der Waals surface area (Å²) in [6.45, 7) is 0. The Kier molecular flexibility index (Phi) is 3.37. The molecule has 1 heterocycles. The lowest BCUT2D eigenvalue weighted by atomic mass is 10.0. The smallest absolute Gasteiger partial charge is 0.260 e. The van der Waals surface area contributed by atoms with E-state index in [9.17, 15) is 13.2 Å². The van der Waals surface area contributed by atoms with Crippen molar-refractivity contribution in [3.8, 4) is 0 Å². The fourth-order valence-corrected chi connectivity index (χ4v) is 2.41. The first kappa shape index (κ1) is 13.6. The first-order chi connectivity index (χ1) is 10.1. The van der Waals surface area contributed by atoms with Crippen molar-refractivity contribution >= 4 is 10.8 Å². The summed E-state index contributed by atoms with van der Waals surface area (Å²) in [5, 5.41) is 0.752. The number of alkyl halides is 3. The Morgan fingerprint density at radius 3 is 2.10 bits per heavy atom. The van der Waals surface area contributed by atoms with Gasteiger partial charge in [0.05, 0.1) is 11.3 Å². The zero-order valence-corrected chi connectivity index (χ0v) is 11.1. The molecule has 0 saturated heterocycles. The molecule has 1 aromatic heterocycles. The highest BCUT2D eigenvalue weighted by Gasteiger charge is 2.33. The number of nitrogens with zero attached hydrogens (tertiary/aromatic N) is 1. The van der Waals surface area contributed by atoms with Gasteiger partial charge in [-0.25, -0.2) is 0 Å². The number of rotatable bonds is 2. The van der Waals surface area contributed by atoms with Crippen LogP contribution < -0.4 is 0 Å². The molecule has 0 saturated carbocycles. The quantitative estimate of drug-likeness (QED) is 0.657. The molecule has 0 amide bonds. The number of hydrogen-bond donors (Lipinski definition) is 0. The first-order valence-electron chi connectivity index (χ1n) is 6.53. The van der Waals surface area contributed by atoms with Crippen LogP contribution in [0.4, 0.5) is 13.2 Å². The van der Waals surface area contributed by atoms with Crippen LogP contribution >= 0.6 is 0 Å². The van der Waals surface area contributed by atoms with E-state index in [0.717, 1.165) is 11.8 Å². The lowest BCUT2D eigenvalue weighted by molar-refractivity contribution is -0.136. The molecule has 21 heavy (non-hydrogen) atoms. The molecule has 3 rings (SSSR count). The Morgan fingerprint density at radius 1 is 0.810 bits per heavy atom. The summed E-state index contributed by atoms with van der Waals surface area (Å²) in [5.74, 6) is 0. The fourth-order valence-electron chi connectivity index (χ4n) is 2.41. The molecule has 1 nitrogen and oxygen atoms in total. The highest BCUT2D eigenvalue weighted by molar-refractivity contribution is 5.88. The van der Waals surface area contributed by atoms with Gasteiger partial charge < -0.3 is 0 Å². The highest BCUT2D eigenvalue weighted by Crippen LogP contribution is 2.35. The molecule has 4 heteroatoms. The molecule has 0 aliphatic carbocycles. The molecule has 0 atom stereocenters. The van der Waals surface area contributed by atoms with Crippen molar-refractivity contribution in [2.45, 2.75) is 12.6 Å². The van der Waals surface area contributed by atoms with Crippen LogP contribution in [0.1, 0.15) is 16.8 Å². The Bertz CT molecular complexity index is 764. The summed E-state index contributed by atoms with van der Waals surface area (Å²) >= 11 is 0. The second-order valence-electron chi connectivity index (χ2n) is 4.82. The number of hydrogen-bond acceptors (Lipinski definition) is 1. The van der Waals surface area contributed by atoms with Crippen molar-refractivity contribution in [3.05, 3.63) is 77.6 Å². The normalized spacial score (nSPS) is 11.8. The van der Waals surface area contributed by atoms with Gasteiger partial charge >= 0.3 is 6.18 Å². The molecular weight excluding hydrogens is 275 g/mol. The second-order valence-corrected chi connectivity index (χ2v) is 4.82. The monoisotopic (exact) mass is 287 g/mol. The average molecular weight is 287 g/mol. The Labute approximate surface area is 120 Å².